The number of carbonyl (C=O) groups excluding carboxylic acids is 1. The van der Waals surface area contributed by atoms with E-state index in [-0.39, 0.29) is 28.1 Å². The van der Waals surface area contributed by atoms with Gasteiger partial charge in [0, 0.05) is 22.7 Å². The first-order chi connectivity index (χ1) is 10.8. The van der Waals surface area contributed by atoms with Crippen molar-refractivity contribution in [3.8, 4) is 0 Å². The first kappa shape index (κ1) is 16.2. The van der Waals surface area contributed by atoms with Crippen LogP contribution in [0.25, 0.3) is 10.9 Å². The van der Waals surface area contributed by atoms with Gasteiger partial charge in [-0.1, -0.05) is 18.0 Å². The van der Waals surface area contributed by atoms with Crippen LogP contribution in [0.2, 0.25) is 5.02 Å². The Balaban J connectivity index is 2.35. The lowest BCUT2D eigenvalue weighted by Gasteiger charge is -2.28. The minimum Gasteiger partial charge on any atom is -0.365 e. The number of primary amides is 1. The van der Waals surface area contributed by atoms with Gasteiger partial charge in [-0.25, -0.2) is 8.78 Å². The highest BCUT2D eigenvalue weighted by Crippen LogP contribution is 2.43. The van der Waals surface area contributed by atoms with E-state index in [0.717, 1.165) is 12.8 Å². The van der Waals surface area contributed by atoms with E-state index in [2.05, 4.69) is 4.98 Å². The van der Waals surface area contributed by atoms with Gasteiger partial charge in [0.2, 0.25) is 0 Å². The van der Waals surface area contributed by atoms with Crippen LogP contribution >= 0.6 is 11.6 Å². The van der Waals surface area contributed by atoms with Crippen molar-refractivity contribution in [2.75, 3.05) is 0 Å². The number of aryl methyl sites for hydroxylation is 1. The van der Waals surface area contributed by atoms with Gasteiger partial charge in [-0.05, 0) is 32.1 Å². The van der Waals surface area contributed by atoms with Crippen LogP contribution in [0.4, 0.5) is 8.78 Å². The molecule has 7 heteroatoms. The van der Waals surface area contributed by atoms with Crippen molar-refractivity contribution in [2.45, 2.75) is 44.6 Å². The van der Waals surface area contributed by atoms with Crippen LogP contribution in [0.3, 0.4) is 0 Å². The van der Waals surface area contributed by atoms with E-state index in [9.17, 15) is 13.6 Å². The quantitative estimate of drug-likeness (QED) is 0.781. The summed E-state index contributed by atoms with van der Waals surface area (Å²) in [5.74, 6) is -3.54. The highest BCUT2D eigenvalue weighted by Gasteiger charge is 2.32. The fourth-order valence-electron chi connectivity index (χ4n) is 3.59. The molecular formula is C16H18ClF2N3O. The largest absolute Gasteiger partial charge is 0.365 e. The summed E-state index contributed by atoms with van der Waals surface area (Å²) < 4.78 is 29.2. The number of rotatable bonds is 2. The van der Waals surface area contributed by atoms with Gasteiger partial charge in [0.15, 0.2) is 11.6 Å². The van der Waals surface area contributed by atoms with Crippen LogP contribution < -0.4 is 11.5 Å². The maximum atomic E-state index is 14.8. The molecule has 1 amide bonds. The third-order valence-corrected chi connectivity index (χ3v) is 5.12. The minimum atomic E-state index is -1.22. The molecule has 1 aliphatic carbocycles. The molecule has 1 aliphatic rings. The van der Waals surface area contributed by atoms with Crippen LogP contribution in [0.5, 0.6) is 0 Å². The normalized spacial score (nSPS) is 21.8. The topological polar surface area (TPSA) is 84.9 Å². The van der Waals surface area contributed by atoms with Gasteiger partial charge in [-0.3, -0.25) is 4.79 Å². The number of nitrogens with two attached hydrogens (primary N) is 2. The molecule has 1 aromatic heterocycles. The molecule has 4 nitrogen and oxygen atoms in total. The lowest BCUT2D eigenvalue weighted by molar-refractivity contribution is 0.0997. The zero-order valence-electron chi connectivity index (χ0n) is 12.7. The second-order valence-corrected chi connectivity index (χ2v) is 6.60. The number of benzene rings is 1. The molecule has 1 fully saturated rings. The molecule has 0 saturated heterocycles. The summed E-state index contributed by atoms with van der Waals surface area (Å²) >= 11 is 6.30. The number of fused-ring (bicyclic) bond motifs is 1. The van der Waals surface area contributed by atoms with Gasteiger partial charge in [0.05, 0.1) is 10.5 Å². The molecule has 2 unspecified atom stereocenters. The van der Waals surface area contributed by atoms with Crippen LogP contribution in [0.1, 0.15) is 53.2 Å². The standard InChI is InChI=1S/C16H18ClF2N3O/c1-6-12(17)10-9(7-3-2-4-8(20)5-7)13(18)14(19)11(16(21)23)15(10)22-6/h7-8,22H,2-5,20H2,1H3,(H2,21,23). The number of halogens is 3. The zero-order chi connectivity index (χ0) is 16.9. The van der Waals surface area contributed by atoms with Crippen LogP contribution in [-0.2, 0) is 0 Å². The predicted octanol–water partition coefficient (Wildman–Crippen LogP) is 3.49. The maximum Gasteiger partial charge on any atom is 0.253 e. The van der Waals surface area contributed by atoms with E-state index in [1.54, 1.807) is 6.92 Å². The van der Waals surface area contributed by atoms with E-state index in [1.165, 1.54) is 0 Å². The molecule has 0 radical (unpaired) electrons. The molecule has 1 aromatic carbocycles. The molecule has 23 heavy (non-hydrogen) atoms. The van der Waals surface area contributed by atoms with Crippen LogP contribution in [-0.4, -0.2) is 16.9 Å². The summed E-state index contributed by atoms with van der Waals surface area (Å²) in [6.07, 6.45) is 2.97. The second kappa shape index (κ2) is 5.76. The fourth-order valence-corrected chi connectivity index (χ4v) is 3.84. The number of nitrogens with one attached hydrogen (secondary N) is 1. The van der Waals surface area contributed by atoms with Crippen molar-refractivity contribution in [3.63, 3.8) is 0 Å². The van der Waals surface area contributed by atoms with Gasteiger partial charge < -0.3 is 16.5 Å². The Kier molecular flexibility index (Phi) is 4.06. The highest BCUT2D eigenvalue weighted by molar-refractivity contribution is 6.37. The second-order valence-electron chi connectivity index (χ2n) is 6.22. The van der Waals surface area contributed by atoms with E-state index >= 15 is 0 Å². The Morgan fingerprint density at radius 3 is 2.61 bits per heavy atom. The van der Waals surface area contributed by atoms with Crippen molar-refractivity contribution in [2.24, 2.45) is 11.5 Å². The van der Waals surface area contributed by atoms with Crippen LogP contribution in [0.15, 0.2) is 0 Å². The van der Waals surface area contributed by atoms with Gasteiger partial charge >= 0.3 is 0 Å². The third-order valence-electron chi connectivity index (χ3n) is 4.65. The van der Waals surface area contributed by atoms with E-state index < -0.39 is 23.1 Å². The fraction of sp³-hybridized carbons (Fsp3) is 0.438. The van der Waals surface area contributed by atoms with Gasteiger partial charge in [-0.2, -0.15) is 0 Å². The van der Waals surface area contributed by atoms with Gasteiger partial charge in [0.25, 0.3) is 5.91 Å². The molecule has 0 spiro atoms. The van der Waals surface area contributed by atoms with Crippen LogP contribution in [0, 0.1) is 18.6 Å². The van der Waals surface area contributed by atoms with Gasteiger partial charge in [-0.15, -0.1) is 0 Å². The average Bonchev–Trinajstić information content (AvgIpc) is 2.76. The molecular weight excluding hydrogens is 324 g/mol. The Hall–Kier alpha value is -1.66. The van der Waals surface area contributed by atoms with E-state index in [1.807, 2.05) is 0 Å². The number of carbonyl (C=O) groups is 1. The molecule has 2 aromatic rings. The van der Waals surface area contributed by atoms with Crippen molar-refractivity contribution >= 4 is 28.4 Å². The maximum absolute atomic E-state index is 14.8. The molecule has 3 rings (SSSR count). The number of hydrogen-bond donors (Lipinski definition) is 3. The molecule has 2 atom stereocenters. The summed E-state index contributed by atoms with van der Waals surface area (Å²) in [7, 11) is 0. The first-order valence-electron chi connectivity index (χ1n) is 7.56. The summed E-state index contributed by atoms with van der Waals surface area (Å²) in [5.41, 5.74) is 11.6. The molecule has 5 N–H and O–H groups in total. The average molecular weight is 342 g/mol. The Morgan fingerprint density at radius 2 is 2.00 bits per heavy atom. The SMILES string of the molecule is Cc1[nH]c2c(C(N)=O)c(F)c(F)c(C3CCCC(N)C3)c2c1Cl. The molecule has 124 valence electrons. The monoisotopic (exact) mass is 341 g/mol. The minimum absolute atomic E-state index is 0.0547. The zero-order valence-corrected chi connectivity index (χ0v) is 13.4. The molecule has 0 aliphatic heterocycles. The van der Waals surface area contributed by atoms with Crippen molar-refractivity contribution in [1.82, 2.24) is 4.98 Å². The van der Waals surface area contributed by atoms with E-state index in [0.29, 0.717) is 23.9 Å². The predicted molar refractivity (Wildman–Crippen MR) is 85.7 cm³/mol. The Bertz CT molecular complexity index is 803. The lowest BCUT2D eigenvalue weighted by Crippen LogP contribution is -2.27. The lowest BCUT2D eigenvalue weighted by atomic mass is 9.80. The van der Waals surface area contributed by atoms with Crippen molar-refractivity contribution < 1.29 is 13.6 Å². The van der Waals surface area contributed by atoms with Crippen molar-refractivity contribution in [1.29, 1.82) is 0 Å². The number of H-pyrrole nitrogens is 1. The number of hydrogen-bond acceptors (Lipinski definition) is 2. The van der Waals surface area contributed by atoms with Gasteiger partial charge in [0.1, 0.15) is 5.56 Å². The number of amides is 1. The van der Waals surface area contributed by atoms with Crippen molar-refractivity contribution in [3.05, 3.63) is 33.5 Å². The number of aromatic nitrogens is 1. The smallest absolute Gasteiger partial charge is 0.253 e. The number of aromatic amines is 1. The third kappa shape index (κ3) is 2.50. The Labute approximate surface area is 137 Å². The highest BCUT2D eigenvalue weighted by atomic mass is 35.5. The summed E-state index contributed by atoms with van der Waals surface area (Å²) in [6.45, 7) is 1.68. The Morgan fingerprint density at radius 1 is 1.30 bits per heavy atom. The summed E-state index contributed by atoms with van der Waals surface area (Å²) in [5, 5.41) is 0.631. The summed E-state index contributed by atoms with van der Waals surface area (Å²) in [4.78, 5) is 14.4. The molecule has 1 saturated carbocycles. The van der Waals surface area contributed by atoms with E-state index in [4.69, 9.17) is 23.1 Å². The molecule has 0 bridgehead atoms. The first-order valence-corrected chi connectivity index (χ1v) is 7.94. The summed E-state index contributed by atoms with van der Waals surface area (Å²) in [6, 6.07) is -0.0547. The molecule has 1 heterocycles.